The summed E-state index contributed by atoms with van der Waals surface area (Å²) in [5.74, 6) is 0.520. The fraction of sp³-hybridized carbons (Fsp3) is 0.167. The molecule has 0 aliphatic carbocycles. The van der Waals surface area contributed by atoms with Crippen LogP contribution in [0.15, 0.2) is 61.2 Å². The molecule has 5 aromatic rings. The van der Waals surface area contributed by atoms with E-state index < -0.39 is 12.7 Å². The van der Waals surface area contributed by atoms with E-state index in [-0.39, 0.29) is 12.5 Å². The zero-order valence-electron chi connectivity index (χ0n) is 19.0. The van der Waals surface area contributed by atoms with Gasteiger partial charge in [-0.25, -0.2) is 9.97 Å². The fourth-order valence-corrected chi connectivity index (χ4v) is 3.96. The van der Waals surface area contributed by atoms with Crippen LogP contribution in [0.4, 0.5) is 23.1 Å². The lowest BCUT2D eigenvalue weighted by Gasteiger charge is -2.26. The average molecular weight is 472 g/mol. The summed E-state index contributed by atoms with van der Waals surface area (Å²) in [6.45, 7) is -0.325. The molecule has 11 nitrogen and oxygen atoms in total. The maximum atomic E-state index is 10.2. The van der Waals surface area contributed by atoms with Gasteiger partial charge in [-0.3, -0.25) is 4.68 Å². The van der Waals surface area contributed by atoms with Crippen molar-refractivity contribution in [2.24, 2.45) is 7.05 Å². The maximum absolute atomic E-state index is 10.2. The van der Waals surface area contributed by atoms with Crippen molar-refractivity contribution in [2.45, 2.75) is 6.10 Å². The second kappa shape index (κ2) is 9.05. The lowest BCUT2D eigenvalue weighted by Crippen LogP contribution is -2.31. The molecule has 1 atom stereocenters. The number of hydrogen-bond donors (Lipinski definition) is 5. The minimum atomic E-state index is -1.00. The molecule has 178 valence electrons. The highest BCUT2D eigenvalue weighted by Gasteiger charge is 2.19. The molecule has 11 heteroatoms. The predicted octanol–water partition coefficient (Wildman–Crippen LogP) is 2.08. The lowest BCUT2D eigenvalue weighted by molar-refractivity contribution is 0.102. The second-order valence-corrected chi connectivity index (χ2v) is 8.24. The number of anilines is 4. The third kappa shape index (κ3) is 4.50. The second-order valence-electron chi connectivity index (χ2n) is 8.24. The molecule has 35 heavy (non-hydrogen) atoms. The Morgan fingerprint density at radius 1 is 1.11 bits per heavy atom. The van der Waals surface area contributed by atoms with Crippen molar-refractivity contribution in [3.8, 4) is 22.4 Å². The van der Waals surface area contributed by atoms with Crippen LogP contribution >= 0.6 is 0 Å². The molecule has 4 aromatic heterocycles. The van der Waals surface area contributed by atoms with Crippen LogP contribution in [0, 0.1) is 0 Å². The molecule has 4 heterocycles. The minimum absolute atomic E-state index is 0.0654. The molecule has 1 unspecified atom stereocenters. The van der Waals surface area contributed by atoms with Crippen molar-refractivity contribution in [1.29, 1.82) is 0 Å². The number of aromatic nitrogens is 6. The van der Waals surface area contributed by atoms with E-state index in [1.165, 1.54) is 0 Å². The summed E-state index contributed by atoms with van der Waals surface area (Å²) in [6, 6.07) is 11.0. The van der Waals surface area contributed by atoms with Gasteiger partial charge in [-0.15, -0.1) is 0 Å². The van der Waals surface area contributed by atoms with Gasteiger partial charge in [-0.1, -0.05) is 6.07 Å². The molecule has 0 amide bonds. The Bertz CT molecular complexity index is 1490. The zero-order chi connectivity index (χ0) is 24.5. The molecule has 7 N–H and O–H groups in total. The Balaban J connectivity index is 1.61. The molecule has 0 aliphatic heterocycles. The van der Waals surface area contributed by atoms with Crippen molar-refractivity contribution in [3.63, 3.8) is 0 Å². The molecule has 0 saturated carbocycles. The van der Waals surface area contributed by atoms with E-state index >= 15 is 0 Å². The molecule has 0 aliphatic rings. The summed E-state index contributed by atoms with van der Waals surface area (Å²) < 4.78 is 1.74. The van der Waals surface area contributed by atoms with Gasteiger partial charge < -0.3 is 31.6 Å². The molecule has 1 aromatic carbocycles. The normalized spacial score (nSPS) is 12.2. The largest absolute Gasteiger partial charge is 0.399 e. The highest BCUT2D eigenvalue weighted by atomic mass is 16.3. The Labute approximate surface area is 200 Å². The highest BCUT2D eigenvalue weighted by Crippen LogP contribution is 2.33. The van der Waals surface area contributed by atoms with Crippen LogP contribution < -0.4 is 16.4 Å². The summed E-state index contributed by atoms with van der Waals surface area (Å²) >= 11 is 0. The van der Waals surface area contributed by atoms with Gasteiger partial charge in [0.2, 0.25) is 5.95 Å². The summed E-state index contributed by atoms with van der Waals surface area (Å²) in [6.07, 6.45) is 6.31. The SMILES string of the molecule is Cn1cc(-c2cnc3[nH]cc(-c4cc(N(CC(O)CO)c5cccc(N)c5)nc(N)n4)c3c2)cn1. The van der Waals surface area contributed by atoms with Crippen LogP contribution in [0.5, 0.6) is 0 Å². The Hall–Kier alpha value is -4.48. The number of pyridine rings is 1. The first-order valence-corrected chi connectivity index (χ1v) is 10.9. The first kappa shape index (κ1) is 22.3. The number of hydrogen-bond acceptors (Lipinski definition) is 9. The number of nitrogens with zero attached hydrogens (tertiary/aromatic N) is 6. The van der Waals surface area contributed by atoms with E-state index in [2.05, 4.69) is 25.0 Å². The lowest BCUT2D eigenvalue weighted by atomic mass is 10.1. The van der Waals surface area contributed by atoms with Crippen LogP contribution in [-0.2, 0) is 7.05 Å². The smallest absolute Gasteiger partial charge is 0.222 e. The molecule has 5 rings (SSSR count). The highest BCUT2D eigenvalue weighted by molar-refractivity contribution is 5.95. The van der Waals surface area contributed by atoms with Crippen molar-refractivity contribution in [3.05, 3.63) is 61.2 Å². The third-order valence-corrected chi connectivity index (χ3v) is 5.64. The average Bonchev–Trinajstić information content (AvgIpc) is 3.47. The number of nitrogens with one attached hydrogen (secondary N) is 1. The van der Waals surface area contributed by atoms with E-state index in [9.17, 15) is 10.2 Å². The summed E-state index contributed by atoms with van der Waals surface area (Å²) in [4.78, 5) is 18.3. The monoisotopic (exact) mass is 471 g/mol. The maximum Gasteiger partial charge on any atom is 0.222 e. The predicted molar refractivity (Wildman–Crippen MR) is 135 cm³/mol. The first-order chi connectivity index (χ1) is 16.9. The number of nitrogens with two attached hydrogens (primary N) is 2. The van der Waals surface area contributed by atoms with E-state index in [0.717, 1.165) is 22.1 Å². The number of H-pyrrole nitrogens is 1. The van der Waals surface area contributed by atoms with E-state index in [1.54, 1.807) is 46.2 Å². The Kier molecular flexibility index (Phi) is 5.77. The number of benzene rings is 1. The third-order valence-electron chi connectivity index (χ3n) is 5.64. The van der Waals surface area contributed by atoms with Gasteiger partial charge in [0.25, 0.3) is 0 Å². The van der Waals surface area contributed by atoms with Gasteiger partial charge in [0, 0.05) is 65.2 Å². The van der Waals surface area contributed by atoms with E-state index in [0.29, 0.717) is 28.5 Å². The molecule has 0 saturated heterocycles. The number of nitrogen functional groups attached to an aromatic ring is 2. The molecule has 0 radical (unpaired) electrons. The van der Waals surface area contributed by atoms with Gasteiger partial charge in [0.05, 0.1) is 31.1 Å². The van der Waals surface area contributed by atoms with Gasteiger partial charge in [0.15, 0.2) is 0 Å². The molecular weight excluding hydrogens is 446 g/mol. The van der Waals surface area contributed by atoms with E-state index in [4.69, 9.17) is 11.5 Å². The minimum Gasteiger partial charge on any atom is -0.399 e. The zero-order valence-corrected chi connectivity index (χ0v) is 19.0. The number of aliphatic hydroxyl groups excluding tert-OH is 2. The molecule has 0 fully saturated rings. The summed E-state index contributed by atoms with van der Waals surface area (Å²) in [5, 5.41) is 24.8. The van der Waals surface area contributed by atoms with Crippen LogP contribution in [0.25, 0.3) is 33.4 Å². The van der Waals surface area contributed by atoms with Crippen molar-refractivity contribution >= 4 is 34.2 Å². The van der Waals surface area contributed by atoms with Crippen LogP contribution in [-0.4, -0.2) is 59.2 Å². The quantitative estimate of drug-likeness (QED) is 0.223. The topological polar surface area (TPSA) is 168 Å². The fourth-order valence-electron chi connectivity index (χ4n) is 3.96. The van der Waals surface area contributed by atoms with Crippen molar-refractivity contribution in [1.82, 2.24) is 29.7 Å². The number of fused-ring (bicyclic) bond motifs is 1. The van der Waals surface area contributed by atoms with Gasteiger partial charge in [-0.2, -0.15) is 10.1 Å². The first-order valence-electron chi connectivity index (χ1n) is 10.9. The number of aryl methyl sites for hydroxylation is 1. The Morgan fingerprint density at radius 2 is 1.97 bits per heavy atom. The van der Waals surface area contributed by atoms with Gasteiger partial charge in [-0.05, 0) is 24.3 Å². The van der Waals surface area contributed by atoms with Crippen molar-refractivity contribution < 1.29 is 10.2 Å². The van der Waals surface area contributed by atoms with Gasteiger partial charge >= 0.3 is 0 Å². The van der Waals surface area contributed by atoms with Crippen LogP contribution in [0.3, 0.4) is 0 Å². The van der Waals surface area contributed by atoms with Gasteiger partial charge in [0.1, 0.15) is 11.5 Å². The van der Waals surface area contributed by atoms with Crippen molar-refractivity contribution in [2.75, 3.05) is 29.5 Å². The molecular formula is C24H25N9O2. The summed E-state index contributed by atoms with van der Waals surface area (Å²) in [5.41, 5.74) is 17.3. The van der Waals surface area contributed by atoms with Crippen LogP contribution in [0.2, 0.25) is 0 Å². The number of aromatic amines is 1. The van der Waals surface area contributed by atoms with E-state index in [1.807, 2.05) is 31.6 Å². The summed E-state index contributed by atoms with van der Waals surface area (Å²) in [7, 11) is 1.86. The molecule has 0 bridgehead atoms. The number of rotatable bonds is 7. The van der Waals surface area contributed by atoms with Crippen LogP contribution in [0.1, 0.15) is 0 Å². The standard InChI is InChI=1S/C24H25N9O2/c1-32-11-15(9-29-32)14-5-19-20(10-28-23(19)27-8-14)21-7-22(31-24(26)30-21)33(12-18(35)13-34)17-4-2-3-16(25)6-17/h2-11,18,34-35H,12-13,25H2,1H3,(H,27,28)(H2,26,30,31). The Morgan fingerprint density at radius 3 is 2.71 bits per heavy atom. The molecule has 0 spiro atoms. The number of aliphatic hydroxyl groups is 2.